The van der Waals surface area contributed by atoms with E-state index in [0.717, 1.165) is 35.2 Å². The van der Waals surface area contributed by atoms with Crippen LogP contribution < -0.4 is 14.5 Å². The molecule has 5 nitrogen and oxygen atoms in total. The maximum absolute atomic E-state index is 6.71. The first kappa shape index (κ1) is 34.2. The second-order valence-corrected chi connectivity index (χ2v) is 17.3. The first-order valence-corrected chi connectivity index (χ1v) is 19.8. The largest absolute Gasteiger partial charge is 0.457 e. The molecule has 1 aliphatic rings. The van der Waals surface area contributed by atoms with Crippen LogP contribution in [0.5, 0.6) is 11.5 Å². The van der Waals surface area contributed by atoms with Crippen LogP contribution in [-0.2, 0) is 5.41 Å². The number of hydrogen-bond donors (Lipinski definition) is 0. The molecule has 4 heterocycles. The Labute approximate surface area is 321 Å². The fourth-order valence-corrected chi connectivity index (χ4v) is 9.15. The minimum Gasteiger partial charge on any atom is -0.457 e. The zero-order valence-corrected chi connectivity index (χ0v) is 32.9. The van der Waals surface area contributed by atoms with Gasteiger partial charge in [0.15, 0.2) is 0 Å². The Morgan fingerprint density at radius 2 is 1.39 bits per heavy atom. The van der Waals surface area contributed by atoms with Gasteiger partial charge in [0, 0.05) is 73.0 Å². The van der Waals surface area contributed by atoms with Crippen LogP contribution in [0.3, 0.4) is 0 Å². The van der Waals surface area contributed by atoms with E-state index in [1.54, 1.807) is 0 Å². The number of benzene rings is 5. The van der Waals surface area contributed by atoms with E-state index in [2.05, 4.69) is 178 Å². The van der Waals surface area contributed by atoms with Crippen LogP contribution in [-0.4, -0.2) is 16.2 Å². The van der Waals surface area contributed by atoms with Crippen molar-refractivity contribution in [3.63, 3.8) is 0 Å². The molecule has 3 aromatic heterocycles. The molecule has 5 aromatic carbocycles. The monoisotopic (exact) mass is 726 g/mol. The van der Waals surface area contributed by atoms with Crippen molar-refractivity contribution >= 4 is 64.7 Å². The third kappa shape index (κ3) is 5.80. The Balaban J connectivity index is 1.11. The second-order valence-electron chi connectivity index (χ2n) is 16.2. The molecule has 0 unspecified atom stereocenters. The number of ether oxygens (including phenoxy) is 1. The highest BCUT2D eigenvalue weighted by molar-refractivity contribution is 7.26. The normalized spacial score (nSPS) is 13.6. The lowest BCUT2D eigenvalue weighted by Crippen LogP contribution is -2.26. The Kier molecular flexibility index (Phi) is 8.27. The molecular formula is C48H46N4OS. The quantitative estimate of drug-likeness (QED) is 0.164. The van der Waals surface area contributed by atoms with Gasteiger partial charge in [-0.3, -0.25) is 4.57 Å². The summed E-state index contributed by atoms with van der Waals surface area (Å²) in [5.74, 6) is 3.36. The molecule has 0 radical (unpaired) electrons. The van der Waals surface area contributed by atoms with E-state index >= 15 is 0 Å². The average molecular weight is 727 g/mol. The predicted octanol–water partition coefficient (Wildman–Crippen LogP) is 13.6. The lowest BCUT2D eigenvalue weighted by molar-refractivity contribution is 0.483. The minimum absolute atomic E-state index is 0.0176. The summed E-state index contributed by atoms with van der Waals surface area (Å²) < 4.78 is 11.6. The van der Waals surface area contributed by atoms with E-state index in [9.17, 15) is 0 Å². The van der Waals surface area contributed by atoms with Crippen LogP contribution >= 0.6 is 11.3 Å². The van der Waals surface area contributed by atoms with Crippen molar-refractivity contribution in [2.45, 2.75) is 65.7 Å². The standard InChI is InChI=1S/C48H46N4OS/c1-30(2)36-15-11-16-37(31(3)4)46(36)51-25-24-50(29-51)33-12-10-13-34(27-33)53-35-18-19-38-39-20-21-43-45(40-14-8-9-17-42(40)54-43)47(39)52(41(38)28-35)44-26-32(22-23-49-44)48(5,6)7/h8-28,30-31H,29H2,1-7H3. The Hall–Kier alpha value is -5.59. The summed E-state index contributed by atoms with van der Waals surface area (Å²) >= 11 is 1.85. The number of anilines is 2. The average Bonchev–Trinajstić information content (AvgIpc) is 3.88. The highest BCUT2D eigenvalue weighted by atomic mass is 32.1. The van der Waals surface area contributed by atoms with Gasteiger partial charge in [-0.15, -0.1) is 11.3 Å². The fourth-order valence-electron chi connectivity index (χ4n) is 8.04. The van der Waals surface area contributed by atoms with E-state index in [4.69, 9.17) is 9.72 Å². The summed E-state index contributed by atoms with van der Waals surface area (Å²) in [5.41, 5.74) is 8.66. The van der Waals surface area contributed by atoms with Crippen LogP contribution in [0.4, 0.5) is 11.4 Å². The van der Waals surface area contributed by atoms with Gasteiger partial charge in [-0.25, -0.2) is 4.98 Å². The number of nitrogens with zero attached hydrogens (tertiary/aromatic N) is 4. The number of thiophene rings is 1. The highest BCUT2D eigenvalue weighted by Crippen LogP contribution is 2.44. The maximum atomic E-state index is 6.71. The molecule has 0 atom stereocenters. The molecule has 0 N–H and O–H groups in total. The molecule has 0 fully saturated rings. The lowest BCUT2D eigenvalue weighted by atomic mass is 9.88. The van der Waals surface area contributed by atoms with Gasteiger partial charge in [0.1, 0.15) is 17.3 Å². The van der Waals surface area contributed by atoms with Crippen LogP contribution in [0.1, 0.15) is 77.0 Å². The molecule has 8 aromatic rings. The molecule has 0 saturated carbocycles. The van der Waals surface area contributed by atoms with E-state index in [-0.39, 0.29) is 5.41 Å². The van der Waals surface area contributed by atoms with Gasteiger partial charge in [0.25, 0.3) is 0 Å². The highest BCUT2D eigenvalue weighted by Gasteiger charge is 2.24. The Morgan fingerprint density at radius 3 is 2.17 bits per heavy atom. The van der Waals surface area contributed by atoms with Crippen molar-refractivity contribution in [2.75, 3.05) is 16.5 Å². The van der Waals surface area contributed by atoms with E-state index < -0.39 is 0 Å². The van der Waals surface area contributed by atoms with Gasteiger partial charge in [-0.1, -0.05) is 97.0 Å². The number of pyridine rings is 1. The minimum atomic E-state index is -0.0176. The third-order valence-corrected chi connectivity index (χ3v) is 12.0. The van der Waals surface area contributed by atoms with Gasteiger partial charge in [0.2, 0.25) is 0 Å². The van der Waals surface area contributed by atoms with Crippen molar-refractivity contribution in [3.05, 3.63) is 144 Å². The zero-order chi connectivity index (χ0) is 37.3. The fraction of sp³-hybridized carbons (Fsp3) is 0.229. The molecule has 6 heteroatoms. The van der Waals surface area contributed by atoms with Gasteiger partial charge in [-0.05, 0) is 82.5 Å². The van der Waals surface area contributed by atoms with Gasteiger partial charge >= 0.3 is 0 Å². The Morgan fingerprint density at radius 1 is 0.667 bits per heavy atom. The van der Waals surface area contributed by atoms with Crippen LogP contribution in [0.2, 0.25) is 0 Å². The van der Waals surface area contributed by atoms with E-state index in [1.807, 2.05) is 23.6 Å². The van der Waals surface area contributed by atoms with Gasteiger partial charge in [0.05, 0.1) is 17.7 Å². The first-order valence-electron chi connectivity index (χ1n) is 19.0. The second kappa shape index (κ2) is 13.1. The number of para-hydroxylation sites is 1. The van der Waals surface area contributed by atoms with E-state index in [0.29, 0.717) is 11.8 Å². The molecule has 0 amide bonds. The topological polar surface area (TPSA) is 33.5 Å². The Bertz CT molecular complexity index is 2720. The number of aromatic nitrogens is 2. The van der Waals surface area contributed by atoms with Crippen LogP contribution in [0.25, 0.3) is 47.8 Å². The summed E-state index contributed by atoms with van der Waals surface area (Å²) in [6.07, 6.45) is 6.34. The number of fused-ring (bicyclic) bond motifs is 7. The molecule has 1 aliphatic heterocycles. The summed E-state index contributed by atoms with van der Waals surface area (Å²) in [7, 11) is 0. The number of rotatable bonds is 7. The van der Waals surface area contributed by atoms with Crippen molar-refractivity contribution in [3.8, 4) is 17.3 Å². The molecule has 0 aliphatic carbocycles. The SMILES string of the molecule is CC(C)c1cccc(C(C)C)c1N1C=CN(c2cccc(Oc3ccc4c5ccc6sc7ccccc7c6c5n(-c5cc(C(C)(C)C)ccn5)c4c3)c2)C1. The van der Waals surface area contributed by atoms with Crippen molar-refractivity contribution in [1.29, 1.82) is 0 Å². The summed E-state index contributed by atoms with van der Waals surface area (Å²) in [6.45, 7) is 16.6. The first-order chi connectivity index (χ1) is 26.0. The maximum Gasteiger partial charge on any atom is 0.137 e. The molecule has 270 valence electrons. The molecule has 54 heavy (non-hydrogen) atoms. The van der Waals surface area contributed by atoms with Crippen LogP contribution in [0.15, 0.2) is 128 Å². The molecule has 0 saturated heterocycles. The predicted molar refractivity (Wildman–Crippen MR) is 230 cm³/mol. The summed E-state index contributed by atoms with van der Waals surface area (Å²) in [4.78, 5) is 9.68. The van der Waals surface area contributed by atoms with Gasteiger partial charge < -0.3 is 14.5 Å². The molecule has 0 bridgehead atoms. The third-order valence-electron chi connectivity index (χ3n) is 10.8. The van der Waals surface area contributed by atoms with Crippen molar-refractivity contribution in [1.82, 2.24) is 9.55 Å². The lowest BCUT2D eigenvalue weighted by Gasteiger charge is -2.28. The number of hydrogen-bond acceptors (Lipinski definition) is 5. The van der Waals surface area contributed by atoms with Crippen molar-refractivity contribution < 1.29 is 4.74 Å². The van der Waals surface area contributed by atoms with Gasteiger partial charge in [-0.2, -0.15) is 0 Å². The zero-order valence-electron chi connectivity index (χ0n) is 32.1. The molecular weight excluding hydrogens is 681 g/mol. The van der Waals surface area contributed by atoms with E-state index in [1.165, 1.54) is 58.8 Å². The van der Waals surface area contributed by atoms with Crippen LogP contribution in [0, 0.1) is 0 Å². The molecule has 0 spiro atoms. The van der Waals surface area contributed by atoms with Crippen molar-refractivity contribution in [2.24, 2.45) is 0 Å². The smallest absolute Gasteiger partial charge is 0.137 e. The summed E-state index contributed by atoms with van der Waals surface area (Å²) in [6, 6.07) is 39.3. The summed E-state index contributed by atoms with van der Waals surface area (Å²) in [5, 5.41) is 4.93. The molecule has 9 rings (SSSR count).